The van der Waals surface area contributed by atoms with E-state index in [-0.39, 0.29) is 5.75 Å². The maximum Gasteiger partial charge on any atom is 0.267 e. The number of methoxy groups -OCH3 is 1. The van der Waals surface area contributed by atoms with Crippen molar-refractivity contribution in [2.24, 2.45) is 0 Å². The van der Waals surface area contributed by atoms with Crippen molar-refractivity contribution in [3.05, 3.63) is 28.2 Å². The van der Waals surface area contributed by atoms with Crippen LogP contribution in [0, 0.1) is 11.2 Å². The molecule has 0 saturated carbocycles. The van der Waals surface area contributed by atoms with Crippen molar-refractivity contribution in [1.82, 2.24) is 0 Å². The number of phenols is 1. The number of phenolic OH excluding ortho intramolecular Hbond substituents is 1. The Morgan fingerprint density at radius 2 is 1.95 bits per heavy atom. The van der Waals surface area contributed by atoms with E-state index >= 15 is 0 Å². The number of carbonyl (C=O) groups excluding carboxylic acids is 1. The number of aldehydes is 1. The van der Waals surface area contributed by atoms with E-state index in [1.165, 1.54) is 18.9 Å². The molecule has 1 aliphatic rings. The number of ether oxygens (including phenoxy) is 1. The number of benzene rings is 1. The van der Waals surface area contributed by atoms with E-state index < -0.39 is 0 Å². The van der Waals surface area contributed by atoms with Gasteiger partial charge in [-0.3, -0.25) is 4.79 Å². The predicted molar refractivity (Wildman–Crippen MR) is 84.3 cm³/mol. The average Bonchev–Trinajstić information content (AvgIpc) is 2.97. The van der Waals surface area contributed by atoms with Crippen molar-refractivity contribution in [1.29, 1.82) is 5.26 Å². The molecule has 108 valence electrons. The number of hydrogen-bond donors (Lipinski definition) is 1. The first-order chi connectivity index (χ1) is 9.58. The lowest BCUT2D eigenvalue weighted by Gasteiger charge is -1.94. The molecule has 0 aliphatic carbocycles. The summed E-state index contributed by atoms with van der Waals surface area (Å²) in [6.45, 7) is 0.403. The lowest BCUT2D eigenvalue weighted by molar-refractivity contribution is 0.112. The number of nitriles is 1. The van der Waals surface area contributed by atoms with Gasteiger partial charge in [0, 0.05) is 25.8 Å². The second-order valence-corrected chi connectivity index (χ2v) is 5.20. The number of rotatable bonds is 1. The highest BCUT2D eigenvalue weighted by Gasteiger charge is 2.17. The molecule has 4 nitrogen and oxygen atoms in total. The van der Waals surface area contributed by atoms with E-state index in [0.29, 0.717) is 16.7 Å². The Labute approximate surface area is 129 Å². The fourth-order valence-corrected chi connectivity index (χ4v) is 2.05. The molecule has 1 aromatic carbocycles. The third-order valence-electron chi connectivity index (χ3n) is 2.65. The molecule has 2 rings (SSSR count). The van der Waals surface area contributed by atoms with Gasteiger partial charge < -0.3 is 9.84 Å². The standard InChI is InChI=1S/C7H5BrO2.C5H8BN.C2H6O/c8-6-3-5(4-9)1-2-7(6)10;7-5-6-3-1-2-4-6;1-3-2/h1-4,10H;1-4H2;1-2H3. The van der Waals surface area contributed by atoms with Gasteiger partial charge in [-0.2, -0.15) is 0 Å². The second kappa shape index (κ2) is 11.5. The minimum atomic E-state index is 0.144. The van der Waals surface area contributed by atoms with E-state index in [9.17, 15) is 4.79 Å². The Morgan fingerprint density at radius 3 is 2.30 bits per heavy atom. The summed E-state index contributed by atoms with van der Waals surface area (Å²) in [5, 5.41) is 17.3. The second-order valence-electron chi connectivity index (χ2n) is 4.35. The van der Waals surface area contributed by atoms with Gasteiger partial charge in [-0.05, 0) is 34.1 Å². The molecule has 0 spiro atoms. The molecule has 1 saturated heterocycles. The zero-order valence-electron chi connectivity index (χ0n) is 11.8. The summed E-state index contributed by atoms with van der Waals surface area (Å²) in [4.78, 5) is 10.2. The Kier molecular flexibility index (Phi) is 10.7. The van der Waals surface area contributed by atoms with E-state index in [0.717, 1.165) is 18.9 Å². The SMILES string of the molecule is COC.N#CB1CCCC1.O=Cc1ccc(O)c(Br)c1. The molecule has 0 bridgehead atoms. The highest BCUT2D eigenvalue weighted by molar-refractivity contribution is 9.10. The zero-order valence-corrected chi connectivity index (χ0v) is 13.4. The summed E-state index contributed by atoms with van der Waals surface area (Å²) in [7, 11) is 3.25. The Morgan fingerprint density at radius 1 is 1.40 bits per heavy atom. The molecule has 20 heavy (non-hydrogen) atoms. The van der Waals surface area contributed by atoms with Crippen LogP contribution in [0.25, 0.3) is 0 Å². The van der Waals surface area contributed by atoms with Crippen molar-refractivity contribution in [2.45, 2.75) is 25.5 Å². The van der Waals surface area contributed by atoms with Crippen LogP contribution in [0.5, 0.6) is 5.75 Å². The van der Waals surface area contributed by atoms with E-state index in [1.54, 1.807) is 26.4 Å². The first-order valence-electron chi connectivity index (χ1n) is 6.32. The van der Waals surface area contributed by atoms with Gasteiger partial charge in [0.1, 0.15) is 12.0 Å². The van der Waals surface area contributed by atoms with Gasteiger partial charge in [0.15, 0.2) is 0 Å². The summed E-state index contributed by atoms with van der Waals surface area (Å²) in [5.41, 5.74) is 0.546. The number of hydrogen-bond acceptors (Lipinski definition) is 4. The molecule has 0 atom stereocenters. The van der Waals surface area contributed by atoms with Crippen LogP contribution in [-0.2, 0) is 4.74 Å². The molecule has 1 N–H and O–H groups in total. The van der Waals surface area contributed by atoms with E-state index in [2.05, 4.69) is 26.6 Å². The molecule has 1 heterocycles. The van der Waals surface area contributed by atoms with Gasteiger partial charge in [0.05, 0.1) is 4.47 Å². The number of halogens is 1. The fraction of sp³-hybridized carbons (Fsp3) is 0.429. The van der Waals surface area contributed by atoms with Crippen LogP contribution >= 0.6 is 15.9 Å². The van der Waals surface area contributed by atoms with Crippen LogP contribution in [0.2, 0.25) is 12.6 Å². The molecule has 0 amide bonds. The maximum atomic E-state index is 10.2. The van der Waals surface area contributed by atoms with Crippen LogP contribution in [0.1, 0.15) is 23.2 Å². The van der Waals surface area contributed by atoms with Gasteiger partial charge in [0.2, 0.25) is 0 Å². The van der Waals surface area contributed by atoms with Crippen LogP contribution in [-0.4, -0.2) is 32.3 Å². The predicted octanol–water partition coefficient (Wildman–Crippen LogP) is 3.57. The van der Waals surface area contributed by atoms with Crippen LogP contribution in [0.4, 0.5) is 0 Å². The van der Waals surface area contributed by atoms with Crippen molar-refractivity contribution in [2.75, 3.05) is 14.2 Å². The molecule has 1 fully saturated rings. The van der Waals surface area contributed by atoms with Crippen molar-refractivity contribution in [3.63, 3.8) is 0 Å². The molecule has 1 aromatic rings. The third-order valence-corrected chi connectivity index (χ3v) is 3.28. The van der Waals surface area contributed by atoms with Gasteiger partial charge in [0.25, 0.3) is 6.71 Å². The monoisotopic (exact) mass is 339 g/mol. The van der Waals surface area contributed by atoms with Crippen LogP contribution in [0.15, 0.2) is 22.7 Å². The lowest BCUT2D eigenvalue weighted by atomic mass is 9.50. The number of aromatic hydroxyl groups is 1. The number of nitrogens with zero attached hydrogens (tertiary/aromatic N) is 1. The lowest BCUT2D eigenvalue weighted by Crippen LogP contribution is -1.99. The van der Waals surface area contributed by atoms with Crippen LogP contribution < -0.4 is 0 Å². The van der Waals surface area contributed by atoms with Crippen LogP contribution in [0.3, 0.4) is 0 Å². The summed E-state index contributed by atoms with van der Waals surface area (Å²) in [5.74, 6) is 2.41. The average molecular weight is 340 g/mol. The van der Waals surface area contributed by atoms with Gasteiger partial charge in [-0.25, -0.2) is 5.26 Å². The summed E-state index contributed by atoms with van der Waals surface area (Å²) in [6, 6.07) is 4.57. The molecular weight excluding hydrogens is 321 g/mol. The van der Waals surface area contributed by atoms with Gasteiger partial charge in [-0.15, -0.1) is 0 Å². The molecule has 1 aliphatic heterocycles. The summed E-state index contributed by atoms with van der Waals surface area (Å²) >= 11 is 3.08. The van der Waals surface area contributed by atoms with Gasteiger partial charge in [-0.1, -0.05) is 25.5 Å². The molecule has 6 heteroatoms. The zero-order chi connectivity index (χ0) is 15.4. The molecular formula is C14H19BBrNO3. The first kappa shape index (κ1) is 18.7. The minimum Gasteiger partial charge on any atom is -0.507 e. The maximum absolute atomic E-state index is 10.2. The Hall–Kier alpha value is -1.32. The highest BCUT2D eigenvalue weighted by Crippen LogP contribution is 2.23. The minimum absolute atomic E-state index is 0.144. The quantitative estimate of drug-likeness (QED) is 0.627. The number of carbonyl (C=O) groups is 1. The summed E-state index contributed by atoms with van der Waals surface area (Å²) < 4.78 is 4.79. The highest BCUT2D eigenvalue weighted by atomic mass is 79.9. The molecule has 0 aromatic heterocycles. The van der Waals surface area contributed by atoms with Crippen molar-refractivity contribution >= 4 is 28.9 Å². The first-order valence-corrected chi connectivity index (χ1v) is 7.11. The van der Waals surface area contributed by atoms with E-state index in [1.807, 2.05) is 0 Å². The Balaban J connectivity index is 0.000000315. The molecule has 0 radical (unpaired) electrons. The Bertz CT molecular complexity index is 443. The van der Waals surface area contributed by atoms with Gasteiger partial charge >= 0.3 is 0 Å². The van der Waals surface area contributed by atoms with Crippen molar-refractivity contribution < 1.29 is 14.6 Å². The topological polar surface area (TPSA) is 70.3 Å². The smallest absolute Gasteiger partial charge is 0.267 e. The van der Waals surface area contributed by atoms with Crippen molar-refractivity contribution in [3.8, 4) is 11.7 Å². The van der Waals surface area contributed by atoms with E-state index in [4.69, 9.17) is 10.4 Å². The third kappa shape index (κ3) is 7.98. The largest absolute Gasteiger partial charge is 0.507 e. The molecule has 0 unspecified atom stereocenters. The fourth-order valence-electron chi connectivity index (χ4n) is 1.65. The summed E-state index contributed by atoms with van der Waals surface area (Å²) in [6.07, 6.45) is 5.58. The normalized spacial score (nSPS) is 12.4.